The smallest absolute Gasteiger partial charge is 0.270 e. The van der Waals surface area contributed by atoms with Gasteiger partial charge in [0.1, 0.15) is 11.5 Å². The summed E-state index contributed by atoms with van der Waals surface area (Å²) >= 11 is 5.00. The molecule has 1 amide bonds. The third-order valence-electron chi connectivity index (χ3n) is 2.99. The lowest BCUT2D eigenvalue weighted by molar-refractivity contribution is 0.0914. The van der Waals surface area contributed by atoms with Gasteiger partial charge in [-0.05, 0) is 25.0 Å². The number of aromatic nitrogens is 1. The monoisotopic (exact) mass is 269 g/mol. The van der Waals surface area contributed by atoms with Crippen molar-refractivity contribution in [1.82, 2.24) is 10.3 Å². The minimum absolute atomic E-state index is 0.138. The highest BCUT2D eigenvalue weighted by Crippen LogP contribution is 2.16. The van der Waals surface area contributed by atoms with Crippen molar-refractivity contribution in [2.75, 3.05) is 0 Å². The van der Waals surface area contributed by atoms with Crippen LogP contribution in [0.1, 0.15) is 37.2 Å². The number of rotatable bonds is 5. The van der Waals surface area contributed by atoms with Gasteiger partial charge in [-0.3, -0.25) is 4.79 Å². The molecule has 1 aromatic heterocycles. The molecule has 18 heavy (non-hydrogen) atoms. The topological polar surface area (TPSA) is 68.0 Å². The molecule has 0 spiro atoms. The number of nitrogens with two attached hydrogens (primary N) is 1. The van der Waals surface area contributed by atoms with E-state index in [1.165, 1.54) is 12.1 Å². The molecule has 1 rings (SSSR count). The van der Waals surface area contributed by atoms with Gasteiger partial charge >= 0.3 is 0 Å². The summed E-state index contributed by atoms with van der Waals surface area (Å²) in [4.78, 5) is 15.9. The number of nitrogens with zero attached hydrogens (tertiary/aromatic N) is 1. The Labute approximate surface area is 111 Å². The number of nitrogens with one attached hydrogen (secondary N) is 1. The SMILES string of the molecule is CCC(CC)(NC(=O)c1ccc(F)cn1)C(N)=S. The molecule has 0 saturated carbocycles. The highest BCUT2D eigenvalue weighted by atomic mass is 32.1. The van der Waals surface area contributed by atoms with E-state index in [0.29, 0.717) is 12.8 Å². The first-order valence-electron chi connectivity index (χ1n) is 5.69. The highest BCUT2D eigenvalue weighted by Gasteiger charge is 2.31. The van der Waals surface area contributed by atoms with Gasteiger partial charge in [0, 0.05) is 0 Å². The average molecular weight is 269 g/mol. The second-order valence-electron chi connectivity index (χ2n) is 3.97. The predicted octanol–water partition coefficient (Wildman–Crippen LogP) is 1.80. The van der Waals surface area contributed by atoms with Gasteiger partial charge in [0.15, 0.2) is 0 Å². The zero-order chi connectivity index (χ0) is 13.8. The molecule has 0 saturated heterocycles. The molecule has 0 aromatic carbocycles. The Bertz CT molecular complexity index is 443. The van der Waals surface area contributed by atoms with Crippen molar-refractivity contribution in [2.45, 2.75) is 32.2 Å². The first kappa shape index (κ1) is 14.5. The first-order valence-corrected chi connectivity index (χ1v) is 6.10. The minimum atomic E-state index is -0.720. The van der Waals surface area contributed by atoms with E-state index in [4.69, 9.17) is 18.0 Å². The van der Waals surface area contributed by atoms with E-state index in [-0.39, 0.29) is 10.7 Å². The third kappa shape index (κ3) is 3.01. The number of amides is 1. The van der Waals surface area contributed by atoms with Crippen molar-refractivity contribution >= 4 is 23.1 Å². The van der Waals surface area contributed by atoms with Gasteiger partial charge in [-0.2, -0.15) is 0 Å². The fraction of sp³-hybridized carbons (Fsp3) is 0.417. The maximum absolute atomic E-state index is 12.7. The van der Waals surface area contributed by atoms with Gasteiger partial charge in [-0.25, -0.2) is 9.37 Å². The molecule has 0 fully saturated rings. The Morgan fingerprint density at radius 2 is 2.11 bits per heavy atom. The van der Waals surface area contributed by atoms with Crippen LogP contribution in [0.25, 0.3) is 0 Å². The summed E-state index contributed by atoms with van der Waals surface area (Å²) in [6.45, 7) is 3.78. The molecule has 0 aliphatic heterocycles. The summed E-state index contributed by atoms with van der Waals surface area (Å²) in [5.74, 6) is -0.898. The molecular weight excluding hydrogens is 253 g/mol. The Balaban J connectivity index is 2.91. The summed E-state index contributed by atoms with van der Waals surface area (Å²) in [6, 6.07) is 2.50. The molecule has 0 aliphatic rings. The van der Waals surface area contributed by atoms with Crippen molar-refractivity contribution < 1.29 is 9.18 Å². The second kappa shape index (κ2) is 5.86. The molecule has 0 radical (unpaired) electrons. The molecular formula is C12H16FN3OS. The second-order valence-corrected chi connectivity index (χ2v) is 4.41. The Morgan fingerprint density at radius 1 is 1.50 bits per heavy atom. The number of carbonyl (C=O) groups excluding carboxylic acids is 1. The zero-order valence-corrected chi connectivity index (χ0v) is 11.2. The van der Waals surface area contributed by atoms with Crippen LogP contribution in [0.2, 0.25) is 0 Å². The summed E-state index contributed by atoms with van der Waals surface area (Å²) in [5, 5.41) is 2.77. The Hall–Kier alpha value is -1.56. The van der Waals surface area contributed by atoms with Crippen molar-refractivity contribution in [1.29, 1.82) is 0 Å². The highest BCUT2D eigenvalue weighted by molar-refractivity contribution is 7.80. The van der Waals surface area contributed by atoms with Gasteiger partial charge in [0.05, 0.1) is 16.7 Å². The summed E-state index contributed by atoms with van der Waals surface area (Å²) in [5.41, 5.74) is 5.10. The van der Waals surface area contributed by atoms with Crippen LogP contribution in [-0.4, -0.2) is 21.4 Å². The first-order chi connectivity index (χ1) is 8.45. The normalized spacial score (nSPS) is 11.1. The lowest BCUT2D eigenvalue weighted by Crippen LogP contribution is -2.56. The van der Waals surface area contributed by atoms with Crippen LogP contribution in [0.4, 0.5) is 4.39 Å². The van der Waals surface area contributed by atoms with Crippen molar-refractivity contribution in [3.63, 3.8) is 0 Å². The lowest BCUT2D eigenvalue weighted by Gasteiger charge is -2.31. The molecule has 0 atom stereocenters. The van der Waals surface area contributed by atoms with Crippen LogP contribution in [0.5, 0.6) is 0 Å². The Kier molecular flexibility index (Phi) is 4.72. The Morgan fingerprint density at radius 3 is 2.50 bits per heavy atom. The van der Waals surface area contributed by atoms with E-state index >= 15 is 0 Å². The van der Waals surface area contributed by atoms with Crippen LogP contribution in [0, 0.1) is 5.82 Å². The van der Waals surface area contributed by atoms with E-state index in [1.54, 1.807) is 0 Å². The summed E-state index contributed by atoms with van der Waals surface area (Å²) in [6.07, 6.45) is 2.17. The maximum atomic E-state index is 12.7. The number of pyridine rings is 1. The maximum Gasteiger partial charge on any atom is 0.270 e. The molecule has 1 heterocycles. The van der Waals surface area contributed by atoms with Crippen molar-refractivity contribution in [2.24, 2.45) is 5.73 Å². The van der Waals surface area contributed by atoms with Gasteiger partial charge in [-0.1, -0.05) is 26.1 Å². The summed E-state index contributed by atoms with van der Waals surface area (Å²) < 4.78 is 12.7. The minimum Gasteiger partial charge on any atom is -0.391 e. The van der Waals surface area contributed by atoms with E-state index < -0.39 is 17.3 Å². The van der Waals surface area contributed by atoms with Gasteiger partial charge < -0.3 is 11.1 Å². The molecule has 4 nitrogen and oxygen atoms in total. The number of thiocarbonyl (C=S) groups is 1. The largest absolute Gasteiger partial charge is 0.391 e. The van der Waals surface area contributed by atoms with Crippen LogP contribution < -0.4 is 11.1 Å². The standard InChI is InChI=1S/C12H16FN3OS/c1-3-12(4-2,11(14)18)16-10(17)9-6-5-8(13)7-15-9/h5-7H,3-4H2,1-2H3,(H2,14,18)(H,16,17). The molecule has 1 aromatic rings. The fourth-order valence-electron chi connectivity index (χ4n) is 1.63. The quantitative estimate of drug-likeness (QED) is 0.800. The number of hydrogen-bond acceptors (Lipinski definition) is 3. The van der Waals surface area contributed by atoms with Gasteiger partial charge in [0.2, 0.25) is 0 Å². The average Bonchev–Trinajstić information content (AvgIpc) is 2.36. The van der Waals surface area contributed by atoms with Crippen LogP contribution in [0.3, 0.4) is 0 Å². The van der Waals surface area contributed by atoms with Crippen LogP contribution in [0.15, 0.2) is 18.3 Å². The number of halogens is 1. The zero-order valence-electron chi connectivity index (χ0n) is 10.4. The summed E-state index contributed by atoms with van der Waals surface area (Å²) in [7, 11) is 0. The van der Waals surface area contributed by atoms with E-state index in [0.717, 1.165) is 6.20 Å². The molecule has 3 N–H and O–H groups in total. The number of hydrogen-bond donors (Lipinski definition) is 2. The lowest BCUT2D eigenvalue weighted by atomic mass is 9.92. The third-order valence-corrected chi connectivity index (χ3v) is 3.38. The molecule has 0 unspecified atom stereocenters. The van der Waals surface area contributed by atoms with Crippen molar-refractivity contribution in [3.05, 3.63) is 29.8 Å². The van der Waals surface area contributed by atoms with Crippen LogP contribution in [-0.2, 0) is 0 Å². The van der Waals surface area contributed by atoms with E-state index in [1.807, 2.05) is 13.8 Å². The van der Waals surface area contributed by atoms with Gasteiger partial charge in [0.25, 0.3) is 5.91 Å². The molecule has 0 bridgehead atoms. The van der Waals surface area contributed by atoms with Gasteiger partial charge in [-0.15, -0.1) is 0 Å². The molecule has 0 aliphatic carbocycles. The number of carbonyl (C=O) groups is 1. The fourth-order valence-corrected chi connectivity index (χ4v) is 1.97. The van der Waals surface area contributed by atoms with Crippen molar-refractivity contribution in [3.8, 4) is 0 Å². The predicted molar refractivity (Wildman–Crippen MR) is 71.8 cm³/mol. The molecule has 98 valence electrons. The van der Waals surface area contributed by atoms with E-state index in [2.05, 4.69) is 10.3 Å². The van der Waals surface area contributed by atoms with E-state index in [9.17, 15) is 9.18 Å². The molecule has 6 heteroatoms. The van der Waals surface area contributed by atoms with Crippen LogP contribution >= 0.6 is 12.2 Å².